The van der Waals surface area contributed by atoms with Crippen LogP contribution in [0.4, 0.5) is 4.39 Å². The van der Waals surface area contributed by atoms with Crippen LogP contribution in [0.15, 0.2) is 48.5 Å². The molecule has 0 bridgehead atoms. The largest absolute Gasteiger partial charge is 0.494 e. The summed E-state index contributed by atoms with van der Waals surface area (Å²) in [4.78, 5) is 11.4. The van der Waals surface area contributed by atoms with Crippen LogP contribution in [-0.4, -0.2) is 17.7 Å². The number of rotatable bonds is 6. The average molecular weight is 288 g/mol. The van der Waals surface area contributed by atoms with E-state index in [1.54, 1.807) is 6.07 Å². The average Bonchev–Trinajstić information content (AvgIpc) is 2.46. The van der Waals surface area contributed by atoms with Crippen molar-refractivity contribution in [2.24, 2.45) is 0 Å². The molecule has 21 heavy (non-hydrogen) atoms. The standard InChI is InChI=1S/C17H17FO3/c1-2-21-15-8-6-12(7-9-15)10-16(17(19)20)13-4-3-5-14(18)11-13/h3-9,11,16H,2,10H2,1H3,(H,19,20). The van der Waals surface area contributed by atoms with E-state index in [-0.39, 0.29) is 0 Å². The van der Waals surface area contributed by atoms with Crippen molar-refractivity contribution >= 4 is 5.97 Å². The van der Waals surface area contributed by atoms with Crippen molar-refractivity contribution in [2.75, 3.05) is 6.61 Å². The molecule has 1 unspecified atom stereocenters. The minimum absolute atomic E-state index is 0.311. The third-order valence-corrected chi connectivity index (χ3v) is 3.22. The van der Waals surface area contributed by atoms with Gasteiger partial charge >= 0.3 is 5.97 Å². The molecule has 110 valence electrons. The molecule has 0 aliphatic heterocycles. The second kappa shape index (κ2) is 6.88. The number of carboxylic acids is 1. The molecule has 0 heterocycles. The third kappa shape index (κ3) is 4.05. The molecule has 0 fully saturated rings. The van der Waals surface area contributed by atoms with Gasteiger partial charge in [0.2, 0.25) is 0 Å². The van der Waals surface area contributed by atoms with Crippen LogP contribution in [0, 0.1) is 5.82 Å². The van der Waals surface area contributed by atoms with Gasteiger partial charge in [-0.2, -0.15) is 0 Å². The SMILES string of the molecule is CCOc1ccc(CC(C(=O)O)c2cccc(F)c2)cc1. The molecule has 2 aromatic carbocycles. The molecule has 0 aliphatic rings. The molecule has 4 heteroatoms. The van der Waals surface area contributed by atoms with Crippen molar-refractivity contribution in [2.45, 2.75) is 19.3 Å². The Morgan fingerprint density at radius 1 is 1.24 bits per heavy atom. The Hall–Kier alpha value is -2.36. The second-order valence-electron chi connectivity index (χ2n) is 4.73. The Morgan fingerprint density at radius 3 is 2.52 bits per heavy atom. The van der Waals surface area contributed by atoms with Gasteiger partial charge in [0, 0.05) is 0 Å². The fourth-order valence-electron chi connectivity index (χ4n) is 2.20. The van der Waals surface area contributed by atoms with E-state index in [9.17, 15) is 14.3 Å². The van der Waals surface area contributed by atoms with Crippen LogP contribution in [0.25, 0.3) is 0 Å². The minimum atomic E-state index is -0.963. The van der Waals surface area contributed by atoms with Gasteiger partial charge in [0.25, 0.3) is 0 Å². The summed E-state index contributed by atoms with van der Waals surface area (Å²) < 4.78 is 18.6. The van der Waals surface area contributed by atoms with Gasteiger partial charge in [-0.05, 0) is 48.7 Å². The first-order chi connectivity index (χ1) is 10.1. The number of ether oxygens (including phenoxy) is 1. The first kappa shape index (κ1) is 15.0. The van der Waals surface area contributed by atoms with Crippen molar-refractivity contribution in [3.05, 3.63) is 65.5 Å². The maximum atomic E-state index is 13.3. The Kier molecular flexibility index (Phi) is 4.93. The molecular formula is C17H17FO3. The van der Waals surface area contributed by atoms with E-state index in [0.717, 1.165) is 11.3 Å². The molecule has 3 nitrogen and oxygen atoms in total. The summed E-state index contributed by atoms with van der Waals surface area (Å²) >= 11 is 0. The first-order valence-corrected chi connectivity index (χ1v) is 6.80. The maximum Gasteiger partial charge on any atom is 0.311 e. The summed E-state index contributed by atoms with van der Waals surface area (Å²) in [7, 11) is 0. The zero-order valence-electron chi connectivity index (χ0n) is 11.8. The molecule has 0 saturated carbocycles. The van der Waals surface area contributed by atoms with E-state index >= 15 is 0 Å². The number of aliphatic carboxylic acids is 1. The lowest BCUT2D eigenvalue weighted by Gasteiger charge is -2.13. The highest BCUT2D eigenvalue weighted by Crippen LogP contribution is 2.23. The molecule has 1 N–H and O–H groups in total. The van der Waals surface area contributed by atoms with Gasteiger partial charge in [0.15, 0.2) is 0 Å². The normalized spacial score (nSPS) is 11.9. The zero-order valence-corrected chi connectivity index (χ0v) is 11.8. The van der Waals surface area contributed by atoms with Gasteiger partial charge in [-0.3, -0.25) is 4.79 Å². The number of hydrogen-bond acceptors (Lipinski definition) is 2. The molecule has 0 aromatic heterocycles. The second-order valence-corrected chi connectivity index (χ2v) is 4.73. The molecular weight excluding hydrogens is 271 g/mol. The summed E-state index contributed by atoms with van der Waals surface area (Å²) in [6.45, 7) is 2.48. The summed E-state index contributed by atoms with van der Waals surface area (Å²) in [5.74, 6) is -1.41. The fraction of sp³-hybridized carbons (Fsp3) is 0.235. The van der Waals surface area contributed by atoms with E-state index in [0.29, 0.717) is 18.6 Å². The van der Waals surface area contributed by atoms with E-state index < -0.39 is 17.7 Å². The lowest BCUT2D eigenvalue weighted by molar-refractivity contribution is -0.138. The molecule has 0 radical (unpaired) electrons. The molecule has 0 amide bonds. The Labute approximate surface area is 123 Å². The van der Waals surface area contributed by atoms with E-state index in [2.05, 4.69) is 0 Å². The highest BCUT2D eigenvalue weighted by atomic mass is 19.1. The van der Waals surface area contributed by atoms with Crippen molar-refractivity contribution in [1.29, 1.82) is 0 Å². The van der Waals surface area contributed by atoms with E-state index in [1.807, 2.05) is 31.2 Å². The summed E-state index contributed by atoms with van der Waals surface area (Å²) in [5.41, 5.74) is 1.34. The number of halogens is 1. The zero-order chi connectivity index (χ0) is 15.2. The van der Waals surface area contributed by atoms with Crippen LogP contribution in [0.1, 0.15) is 24.0 Å². The van der Waals surface area contributed by atoms with Crippen molar-refractivity contribution in [1.82, 2.24) is 0 Å². The van der Waals surface area contributed by atoms with Crippen LogP contribution in [0.2, 0.25) is 0 Å². The van der Waals surface area contributed by atoms with Gasteiger partial charge in [0.05, 0.1) is 12.5 Å². The van der Waals surface area contributed by atoms with Gasteiger partial charge in [0.1, 0.15) is 11.6 Å². The maximum absolute atomic E-state index is 13.3. The lowest BCUT2D eigenvalue weighted by Crippen LogP contribution is -2.14. The van der Waals surface area contributed by atoms with Crippen LogP contribution >= 0.6 is 0 Å². The predicted molar refractivity (Wildman–Crippen MR) is 78.1 cm³/mol. The van der Waals surface area contributed by atoms with Crippen molar-refractivity contribution in [3.8, 4) is 5.75 Å². The predicted octanol–water partition coefficient (Wildman–Crippen LogP) is 3.64. The highest BCUT2D eigenvalue weighted by molar-refractivity contribution is 5.76. The van der Waals surface area contributed by atoms with Crippen LogP contribution in [0.5, 0.6) is 5.75 Å². The topological polar surface area (TPSA) is 46.5 Å². The summed E-state index contributed by atoms with van der Waals surface area (Å²) in [5, 5.41) is 9.37. The molecule has 1 atom stereocenters. The van der Waals surface area contributed by atoms with Crippen molar-refractivity contribution < 1.29 is 19.0 Å². The van der Waals surface area contributed by atoms with Gasteiger partial charge in [-0.25, -0.2) is 4.39 Å². The number of benzene rings is 2. The van der Waals surface area contributed by atoms with Crippen LogP contribution < -0.4 is 4.74 Å². The molecule has 2 aromatic rings. The Balaban J connectivity index is 2.18. The lowest BCUT2D eigenvalue weighted by atomic mass is 9.92. The van der Waals surface area contributed by atoms with Crippen LogP contribution in [-0.2, 0) is 11.2 Å². The summed E-state index contributed by atoms with van der Waals surface area (Å²) in [6.07, 6.45) is 0.311. The highest BCUT2D eigenvalue weighted by Gasteiger charge is 2.20. The summed E-state index contributed by atoms with van der Waals surface area (Å²) in [6, 6.07) is 13.0. The third-order valence-electron chi connectivity index (χ3n) is 3.22. The van der Waals surface area contributed by atoms with E-state index in [1.165, 1.54) is 18.2 Å². The minimum Gasteiger partial charge on any atom is -0.494 e. The molecule has 0 saturated heterocycles. The van der Waals surface area contributed by atoms with Gasteiger partial charge < -0.3 is 9.84 Å². The fourth-order valence-corrected chi connectivity index (χ4v) is 2.20. The van der Waals surface area contributed by atoms with Gasteiger partial charge in [-0.15, -0.1) is 0 Å². The molecule has 2 rings (SSSR count). The number of carbonyl (C=O) groups is 1. The number of hydrogen-bond donors (Lipinski definition) is 1. The number of carboxylic acid groups (broad SMARTS) is 1. The smallest absolute Gasteiger partial charge is 0.311 e. The van der Waals surface area contributed by atoms with Crippen molar-refractivity contribution in [3.63, 3.8) is 0 Å². The van der Waals surface area contributed by atoms with Crippen LogP contribution in [0.3, 0.4) is 0 Å². The first-order valence-electron chi connectivity index (χ1n) is 6.80. The van der Waals surface area contributed by atoms with E-state index in [4.69, 9.17) is 4.74 Å². The quantitative estimate of drug-likeness (QED) is 0.882. The molecule has 0 aliphatic carbocycles. The Morgan fingerprint density at radius 2 is 1.95 bits per heavy atom. The monoisotopic (exact) mass is 288 g/mol. The molecule has 0 spiro atoms. The Bertz CT molecular complexity index is 608. The van der Waals surface area contributed by atoms with Gasteiger partial charge in [-0.1, -0.05) is 24.3 Å².